The van der Waals surface area contributed by atoms with Crippen LogP contribution in [0.4, 0.5) is 4.79 Å². The van der Waals surface area contributed by atoms with Crippen LogP contribution in [0.3, 0.4) is 0 Å². The molecule has 70 valence electrons. The molecule has 1 aromatic rings. The van der Waals surface area contributed by atoms with Gasteiger partial charge in [-0.2, -0.15) is 0 Å². The molecule has 1 aromatic heterocycles. The Kier molecular flexibility index (Phi) is 3.68. The van der Waals surface area contributed by atoms with Crippen molar-refractivity contribution in [3.63, 3.8) is 0 Å². The Hall–Kier alpha value is -0.620. The zero-order valence-corrected chi connectivity index (χ0v) is 9.63. The third-order valence-electron chi connectivity index (χ3n) is 1.22. The van der Waals surface area contributed by atoms with Crippen LogP contribution in [0.5, 0.6) is 5.88 Å². The molecule has 1 amide bonds. The van der Waals surface area contributed by atoms with Gasteiger partial charge in [-0.25, -0.2) is 9.78 Å². The van der Waals surface area contributed by atoms with Crippen LogP contribution in [-0.4, -0.2) is 11.1 Å². The van der Waals surface area contributed by atoms with Gasteiger partial charge in [0.1, 0.15) is 0 Å². The summed E-state index contributed by atoms with van der Waals surface area (Å²) in [5.41, 5.74) is 5.58. The van der Waals surface area contributed by atoms with Crippen molar-refractivity contribution in [2.75, 3.05) is 0 Å². The predicted molar refractivity (Wildman–Crippen MR) is 54.8 cm³/mol. The molecule has 0 aromatic carbocycles. The van der Waals surface area contributed by atoms with Crippen LogP contribution < -0.4 is 10.5 Å². The summed E-state index contributed by atoms with van der Waals surface area (Å²) in [5.74, 6) is 0.199. The average Bonchev–Trinajstić information content (AvgIpc) is 2.07. The van der Waals surface area contributed by atoms with Crippen molar-refractivity contribution >= 4 is 38.0 Å². The molecule has 0 aliphatic carbocycles. The SMILES string of the molecule is NC(=O)Oc1ccc(Br)c(CBr)n1. The van der Waals surface area contributed by atoms with Gasteiger partial charge in [-0.05, 0) is 22.0 Å². The smallest absolute Gasteiger partial charge is 0.391 e. The van der Waals surface area contributed by atoms with Crippen molar-refractivity contribution in [1.29, 1.82) is 0 Å². The number of nitrogens with zero attached hydrogens (tertiary/aromatic N) is 1. The molecule has 0 aliphatic rings. The summed E-state index contributed by atoms with van der Waals surface area (Å²) in [6.45, 7) is 0. The van der Waals surface area contributed by atoms with Gasteiger partial charge in [0.2, 0.25) is 5.88 Å². The van der Waals surface area contributed by atoms with E-state index in [1.807, 2.05) is 0 Å². The summed E-state index contributed by atoms with van der Waals surface area (Å²) in [4.78, 5) is 14.4. The third-order valence-corrected chi connectivity index (χ3v) is 2.48. The van der Waals surface area contributed by atoms with Gasteiger partial charge in [0.25, 0.3) is 0 Å². The van der Waals surface area contributed by atoms with Crippen LogP contribution in [0.15, 0.2) is 16.6 Å². The summed E-state index contributed by atoms with van der Waals surface area (Å²) < 4.78 is 5.45. The zero-order valence-electron chi connectivity index (χ0n) is 6.46. The molecule has 1 heterocycles. The van der Waals surface area contributed by atoms with E-state index in [0.717, 1.165) is 10.2 Å². The van der Waals surface area contributed by atoms with Gasteiger partial charge in [-0.15, -0.1) is 0 Å². The number of alkyl halides is 1. The molecule has 0 spiro atoms. The highest BCUT2D eigenvalue weighted by atomic mass is 79.9. The van der Waals surface area contributed by atoms with Crippen molar-refractivity contribution in [3.05, 3.63) is 22.3 Å². The quantitative estimate of drug-likeness (QED) is 0.852. The molecular weight excluding hydrogens is 304 g/mol. The van der Waals surface area contributed by atoms with Crippen molar-refractivity contribution in [3.8, 4) is 5.88 Å². The first-order chi connectivity index (χ1) is 6.13. The van der Waals surface area contributed by atoms with E-state index in [1.165, 1.54) is 0 Å². The molecule has 1 rings (SSSR count). The summed E-state index contributed by atoms with van der Waals surface area (Å²) in [5, 5.41) is 0.573. The molecule has 13 heavy (non-hydrogen) atoms. The van der Waals surface area contributed by atoms with E-state index in [4.69, 9.17) is 5.73 Å². The molecule has 0 radical (unpaired) electrons. The molecule has 4 nitrogen and oxygen atoms in total. The number of carbonyl (C=O) groups excluding carboxylic acids is 1. The van der Waals surface area contributed by atoms with Gasteiger partial charge in [0, 0.05) is 15.9 Å². The van der Waals surface area contributed by atoms with Crippen LogP contribution >= 0.6 is 31.9 Å². The summed E-state index contributed by atoms with van der Waals surface area (Å²) in [6, 6.07) is 3.29. The standard InChI is InChI=1S/C7H6Br2N2O2/c8-3-5-4(9)1-2-6(11-5)13-7(10)12/h1-2H,3H2,(H2,10,12). The number of ether oxygens (including phenoxy) is 1. The van der Waals surface area contributed by atoms with E-state index in [1.54, 1.807) is 12.1 Å². The second-order valence-corrected chi connectivity index (χ2v) is 3.55. The number of carbonyl (C=O) groups is 1. The number of amides is 1. The first kappa shape index (κ1) is 10.5. The molecule has 0 aliphatic heterocycles. The normalized spacial score (nSPS) is 9.69. The van der Waals surface area contributed by atoms with E-state index in [0.29, 0.717) is 5.33 Å². The lowest BCUT2D eigenvalue weighted by Crippen LogP contribution is -2.17. The Morgan fingerprint density at radius 3 is 2.85 bits per heavy atom. The predicted octanol–water partition coefficient (Wildman–Crippen LogP) is 2.20. The van der Waals surface area contributed by atoms with Gasteiger partial charge >= 0.3 is 6.09 Å². The molecule has 0 unspecified atom stereocenters. The van der Waals surface area contributed by atoms with Crippen LogP contribution in [0.25, 0.3) is 0 Å². The Bertz CT molecular complexity index is 330. The van der Waals surface area contributed by atoms with Crippen molar-refractivity contribution in [1.82, 2.24) is 4.98 Å². The number of primary amides is 1. The maximum absolute atomic E-state index is 10.4. The van der Waals surface area contributed by atoms with Gasteiger partial charge in [0.05, 0.1) is 5.69 Å². The van der Waals surface area contributed by atoms with Crippen LogP contribution in [0.2, 0.25) is 0 Å². The van der Waals surface area contributed by atoms with E-state index in [9.17, 15) is 4.79 Å². The monoisotopic (exact) mass is 308 g/mol. The minimum absolute atomic E-state index is 0.199. The number of hydrogen-bond donors (Lipinski definition) is 1. The van der Waals surface area contributed by atoms with Gasteiger partial charge < -0.3 is 10.5 Å². The Morgan fingerprint density at radius 1 is 1.62 bits per heavy atom. The van der Waals surface area contributed by atoms with Crippen molar-refractivity contribution < 1.29 is 9.53 Å². The van der Waals surface area contributed by atoms with E-state index in [2.05, 4.69) is 41.6 Å². The molecule has 0 atom stereocenters. The maximum atomic E-state index is 10.4. The lowest BCUT2D eigenvalue weighted by atomic mass is 10.4. The zero-order chi connectivity index (χ0) is 9.84. The second-order valence-electron chi connectivity index (χ2n) is 2.13. The molecule has 0 saturated heterocycles. The highest BCUT2D eigenvalue weighted by Crippen LogP contribution is 2.20. The summed E-state index contributed by atoms with van der Waals surface area (Å²) >= 11 is 6.54. The Balaban J connectivity index is 2.92. The van der Waals surface area contributed by atoms with Gasteiger partial charge in [-0.3, -0.25) is 0 Å². The van der Waals surface area contributed by atoms with Gasteiger partial charge in [-0.1, -0.05) is 15.9 Å². The lowest BCUT2D eigenvalue weighted by Gasteiger charge is -2.02. The summed E-state index contributed by atoms with van der Waals surface area (Å²) in [7, 11) is 0. The van der Waals surface area contributed by atoms with Crippen LogP contribution in [0, 0.1) is 0 Å². The number of pyridine rings is 1. The largest absolute Gasteiger partial charge is 0.411 e. The van der Waals surface area contributed by atoms with Crippen LogP contribution in [-0.2, 0) is 5.33 Å². The number of aromatic nitrogens is 1. The van der Waals surface area contributed by atoms with E-state index in [-0.39, 0.29) is 5.88 Å². The third kappa shape index (κ3) is 2.96. The van der Waals surface area contributed by atoms with Crippen molar-refractivity contribution in [2.24, 2.45) is 5.73 Å². The summed E-state index contributed by atoms with van der Waals surface area (Å²) in [6.07, 6.45) is -0.865. The van der Waals surface area contributed by atoms with Gasteiger partial charge in [0.15, 0.2) is 0 Å². The first-order valence-electron chi connectivity index (χ1n) is 3.32. The van der Waals surface area contributed by atoms with Crippen LogP contribution in [0.1, 0.15) is 5.69 Å². The fourth-order valence-electron chi connectivity index (χ4n) is 0.718. The average molecular weight is 310 g/mol. The van der Waals surface area contributed by atoms with Crippen molar-refractivity contribution in [2.45, 2.75) is 5.33 Å². The lowest BCUT2D eigenvalue weighted by molar-refractivity contribution is 0.209. The fourth-order valence-corrected chi connectivity index (χ4v) is 1.88. The Morgan fingerprint density at radius 2 is 2.31 bits per heavy atom. The Labute approximate surface area is 91.7 Å². The number of rotatable bonds is 2. The highest BCUT2D eigenvalue weighted by Gasteiger charge is 2.04. The van der Waals surface area contributed by atoms with E-state index < -0.39 is 6.09 Å². The number of nitrogens with two attached hydrogens (primary N) is 1. The number of hydrogen-bond acceptors (Lipinski definition) is 3. The number of halogens is 2. The topological polar surface area (TPSA) is 65.2 Å². The van der Waals surface area contributed by atoms with E-state index >= 15 is 0 Å². The molecule has 0 bridgehead atoms. The molecular formula is C7H6Br2N2O2. The highest BCUT2D eigenvalue weighted by molar-refractivity contribution is 9.10. The maximum Gasteiger partial charge on any atom is 0.411 e. The first-order valence-corrected chi connectivity index (χ1v) is 5.23. The molecule has 0 saturated carbocycles. The fraction of sp³-hybridized carbons (Fsp3) is 0.143. The minimum Gasteiger partial charge on any atom is -0.391 e. The molecule has 0 fully saturated rings. The molecule has 6 heteroatoms. The molecule has 2 N–H and O–H groups in total. The minimum atomic E-state index is -0.865. The second kappa shape index (κ2) is 4.57.